The van der Waals surface area contributed by atoms with E-state index in [-0.39, 0.29) is 0 Å². The second-order valence-corrected chi connectivity index (χ2v) is 4.45. The summed E-state index contributed by atoms with van der Waals surface area (Å²) < 4.78 is 0. The van der Waals surface area contributed by atoms with E-state index in [2.05, 4.69) is 36.2 Å². The van der Waals surface area contributed by atoms with E-state index in [0.717, 1.165) is 23.4 Å². The van der Waals surface area contributed by atoms with Gasteiger partial charge >= 0.3 is 0 Å². The second-order valence-electron chi connectivity index (χ2n) is 3.60. The summed E-state index contributed by atoms with van der Waals surface area (Å²) in [6.07, 6.45) is 2.27. The van der Waals surface area contributed by atoms with Gasteiger partial charge in [0.2, 0.25) is 0 Å². The molecule has 3 heteroatoms. The number of nitrogens with zero attached hydrogens (tertiary/aromatic N) is 2. The van der Waals surface area contributed by atoms with Crippen molar-refractivity contribution in [1.29, 1.82) is 5.26 Å². The highest BCUT2D eigenvalue weighted by molar-refractivity contribution is 7.13. The van der Waals surface area contributed by atoms with Crippen molar-refractivity contribution in [3.8, 4) is 16.6 Å². The molecule has 0 saturated heterocycles. The Hall–Kier alpha value is -1.66. The minimum atomic E-state index is 0.498. The maximum absolute atomic E-state index is 8.71. The van der Waals surface area contributed by atoms with Crippen molar-refractivity contribution in [3.63, 3.8) is 0 Å². The van der Waals surface area contributed by atoms with E-state index < -0.39 is 0 Å². The number of nitriles is 1. The zero-order chi connectivity index (χ0) is 11.4. The van der Waals surface area contributed by atoms with Crippen LogP contribution in [0.15, 0.2) is 29.6 Å². The van der Waals surface area contributed by atoms with Crippen LogP contribution in [0.2, 0.25) is 0 Å². The zero-order valence-corrected chi connectivity index (χ0v) is 9.92. The third-order valence-corrected chi connectivity index (χ3v) is 3.25. The van der Waals surface area contributed by atoms with Crippen molar-refractivity contribution in [3.05, 3.63) is 40.9 Å². The number of thiazole rings is 1. The average molecular weight is 228 g/mol. The van der Waals surface area contributed by atoms with Gasteiger partial charge < -0.3 is 0 Å². The molecule has 0 radical (unpaired) electrons. The first-order valence-electron chi connectivity index (χ1n) is 5.28. The summed E-state index contributed by atoms with van der Waals surface area (Å²) in [5.74, 6) is 0. The van der Waals surface area contributed by atoms with E-state index in [9.17, 15) is 0 Å². The molecule has 0 aliphatic carbocycles. The number of aryl methyl sites for hydroxylation is 1. The van der Waals surface area contributed by atoms with Gasteiger partial charge in [-0.05, 0) is 12.0 Å². The first-order chi connectivity index (χ1) is 7.83. The maximum atomic E-state index is 8.71. The normalized spacial score (nSPS) is 10.0. The highest BCUT2D eigenvalue weighted by Crippen LogP contribution is 2.23. The summed E-state index contributed by atoms with van der Waals surface area (Å²) in [4.78, 5) is 4.23. The first-order valence-corrected chi connectivity index (χ1v) is 6.16. The molecular weight excluding hydrogens is 216 g/mol. The van der Waals surface area contributed by atoms with Crippen LogP contribution in [0.1, 0.15) is 24.6 Å². The zero-order valence-electron chi connectivity index (χ0n) is 9.10. The Morgan fingerprint density at radius 3 is 2.62 bits per heavy atom. The summed E-state index contributed by atoms with van der Waals surface area (Å²) in [6, 6.07) is 10.5. The van der Waals surface area contributed by atoms with Crippen LogP contribution >= 0.6 is 11.3 Å². The Bertz CT molecular complexity index is 505. The van der Waals surface area contributed by atoms with E-state index >= 15 is 0 Å². The molecule has 80 valence electrons. The molecule has 1 heterocycles. The topological polar surface area (TPSA) is 36.7 Å². The minimum absolute atomic E-state index is 0.498. The Labute approximate surface area is 99.2 Å². The first kappa shape index (κ1) is 10.8. The fourth-order valence-corrected chi connectivity index (χ4v) is 2.31. The lowest BCUT2D eigenvalue weighted by Gasteiger charge is -1.99. The van der Waals surface area contributed by atoms with Gasteiger partial charge in [0.15, 0.2) is 5.69 Å². The molecule has 0 bridgehead atoms. The van der Waals surface area contributed by atoms with Crippen molar-refractivity contribution in [2.24, 2.45) is 0 Å². The molecule has 1 aromatic carbocycles. The maximum Gasteiger partial charge on any atom is 0.152 e. The smallest absolute Gasteiger partial charge is 0.152 e. The van der Waals surface area contributed by atoms with Gasteiger partial charge in [-0.2, -0.15) is 5.26 Å². The predicted octanol–water partition coefficient (Wildman–Crippen LogP) is 3.63. The monoisotopic (exact) mass is 228 g/mol. The van der Waals surface area contributed by atoms with Crippen LogP contribution in [0.5, 0.6) is 0 Å². The summed E-state index contributed by atoms with van der Waals surface area (Å²) in [5, 5.41) is 11.4. The predicted molar refractivity (Wildman–Crippen MR) is 66.3 cm³/mol. The SMILES string of the molecule is CCCc1ccc(-c2nc(C#N)cs2)cc1. The van der Waals surface area contributed by atoms with Gasteiger partial charge in [-0.25, -0.2) is 4.98 Å². The molecule has 0 saturated carbocycles. The molecule has 0 aliphatic rings. The van der Waals surface area contributed by atoms with Crippen molar-refractivity contribution in [1.82, 2.24) is 4.98 Å². The van der Waals surface area contributed by atoms with Gasteiger partial charge in [0.05, 0.1) is 0 Å². The van der Waals surface area contributed by atoms with Gasteiger partial charge in [0.1, 0.15) is 11.1 Å². The van der Waals surface area contributed by atoms with Gasteiger partial charge in [0, 0.05) is 10.9 Å². The largest absolute Gasteiger partial charge is 0.225 e. The molecule has 0 unspecified atom stereocenters. The minimum Gasteiger partial charge on any atom is -0.225 e. The Kier molecular flexibility index (Phi) is 3.33. The van der Waals surface area contributed by atoms with E-state index in [1.54, 1.807) is 5.38 Å². The van der Waals surface area contributed by atoms with Crippen LogP contribution in [0.3, 0.4) is 0 Å². The molecule has 2 aromatic rings. The van der Waals surface area contributed by atoms with Crippen LogP contribution < -0.4 is 0 Å². The van der Waals surface area contributed by atoms with Gasteiger partial charge in [-0.15, -0.1) is 11.3 Å². The Balaban J connectivity index is 2.24. The quantitative estimate of drug-likeness (QED) is 0.804. The summed E-state index contributed by atoms with van der Waals surface area (Å²) in [7, 11) is 0. The molecule has 2 nitrogen and oxygen atoms in total. The molecule has 0 N–H and O–H groups in total. The van der Waals surface area contributed by atoms with Crippen molar-refractivity contribution >= 4 is 11.3 Å². The van der Waals surface area contributed by atoms with Crippen LogP contribution in [-0.4, -0.2) is 4.98 Å². The van der Waals surface area contributed by atoms with Crippen molar-refractivity contribution < 1.29 is 0 Å². The average Bonchev–Trinajstić information content (AvgIpc) is 2.79. The lowest BCUT2D eigenvalue weighted by atomic mass is 10.1. The van der Waals surface area contributed by atoms with Crippen LogP contribution in [0.4, 0.5) is 0 Å². The van der Waals surface area contributed by atoms with Gasteiger partial charge in [-0.1, -0.05) is 37.6 Å². The van der Waals surface area contributed by atoms with Crippen molar-refractivity contribution in [2.45, 2.75) is 19.8 Å². The standard InChI is InChI=1S/C13H12N2S/c1-2-3-10-4-6-11(7-5-10)13-15-12(8-14)9-16-13/h4-7,9H,2-3H2,1H3. The third kappa shape index (κ3) is 2.29. The van der Waals surface area contributed by atoms with E-state index in [0.29, 0.717) is 5.69 Å². The summed E-state index contributed by atoms with van der Waals surface area (Å²) in [6.45, 7) is 2.17. The number of aromatic nitrogens is 1. The molecular formula is C13H12N2S. The molecule has 0 atom stereocenters. The molecule has 2 rings (SSSR count). The molecule has 16 heavy (non-hydrogen) atoms. The summed E-state index contributed by atoms with van der Waals surface area (Å²) in [5.41, 5.74) is 2.94. The van der Waals surface area contributed by atoms with Crippen LogP contribution in [0, 0.1) is 11.3 Å². The lowest BCUT2D eigenvalue weighted by molar-refractivity contribution is 0.922. The Morgan fingerprint density at radius 2 is 2.06 bits per heavy atom. The molecule has 0 fully saturated rings. The lowest BCUT2D eigenvalue weighted by Crippen LogP contribution is -1.83. The van der Waals surface area contributed by atoms with Gasteiger partial charge in [0.25, 0.3) is 0 Å². The van der Waals surface area contributed by atoms with E-state index in [1.807, 2.05) is 6.07 Å². The molecule has 0 amide bonds. The fraction of sp³-hybridized carbons (Fsp3) is 0.231. The van der Waals surface area contributed by atoms with E-state index in [1.165, 1.54) is 16.9 Å². The second kappa shape index (κ2) is 4.91. The van der Waals surface area contributed by atoms with E-state index in [4.69, 9.17) is 5.26 Å². The number of benzene rings is 1. The number of hydrogen-bond acceptors (Lipinski definition) is 3. The van der Waals surface area contributed by atoms with Crippen LogP contribution in [0.25, 0.3) is 10.6 Å². The third-order valence-electron chi connectivity index (χ3n) is 2.36. The van der Waals surface area contributed by atoms with Gasteiger partial charge in [-0.3, -0.25) is 0 Å². The molecule has 0 aliphatic heterocycles. The number of rotatable bonds is 3. The highest BCUT2D eigenvalue weighted by Gasteiger charge is 2.03. The van der Waals surface area contributed by atoms with Crippen LogP contribution in [-0.2, 0) is 6.42 Å². The van der Waals surface area contributed by atoms with Crippen molar-refractivity contribution in [2.75, 3.05) is 0 Å². The molecule has 0 spiro atoms. The number of hydrogen-bond donors (Lipinski definition) is 0. The Morgan fingerprint density at radius 1 is 1.31 bits per heavy atom. The fourth-order valence-electron chi connectivity index (χ4n) is 1.56. The highest BCUT2D eigenvalue weighted by atomic mass is 32.1. The summed E-state index contributed by atoms with van der Waals surface area (Å²) >= 11 is 1.51. The molecule has 1 aromatic heterocycles.